The van der Waals surface area contributed by atoms with E-state index in [2.05, 4.69) is 6.07 Å². The maximum atomic E-state index is 11.8. The third kappa shape index (κ3) is 1.45. The molecule has 2 aliphatic rings. The number of likely N-dealkylation sites (tertiary alicyclic amines) is 1. The van der Waals surface area contributed by atoms with Gasteiger partial charge in [0.1, 0.15) is 5.75 Å². The molecule has 0 saturated carbocycles. The molecule has 3 heteroatoms. The highest BCUT2D eigenvalue weighted by molar-refractivity contribution is 5.80. The normalized spacial score (nSPS) is 26.7. The van der Waals surface area contributed by atoms with Gasteiger partial charge in [-0.25, -0.2) is 0 Å². The summed E-state index contributed by atoms with van der Waals surface area (Å²) in [5, 5.41) is 0. The summed E-state index contributed by atoms with van der Waals surface area (Å²) in [7, 11) is 3.64. The van der Waals surface area contributed by atoms with Crippen molar-refractivity contribution in [1.82, 2.24) is 4.90 Å². The summed E-state index contributed by atoms with van der Waals surface area (Å²) in [5.41, 5.74) is 2.62. The van der Waals surface area contributed by atoms with Gasteiger partial charge in [0.05, 0.1) is 7.11 Å². The first-order chi connectivity index (χ1) is 8.22. The molecule has 0 bridgehead atoms. The van der Waals surface area contributed by atoms with E-state index in [1.807, 2.05) is 24.1 Å². The lowest BCUT2D eigenvalue weighted by atomic mass is 9.79. The van der Waals surface area contributed by atoms with Crippen molar-refractivity contribution in [2.45, 2.75) is 31.2 Å². The summed E-state index contributed by atoms with van der Waals surface area (Å²) in [5.74, 6) is 1.62. The smallest absolute Gasteiger partial charge is 0.223 e. The molecule has 0 N–H and O–H groups in total. The predicted octanol–water partition coefficient (Wildman–Crippen LogP) is 1.96. The average Bonchev–Trinajstić information content (AvgIpc) is 2.65. The van der Waals surface area contributed by atoms with Gasteiger partial charge >= 0.3 is 0 Å². The third-order valence-corrected chi connectivity index (χ3v) is 4.23. The van der Waals surface area contributed by atoms with E-state index in [9.17, 15) is 4.79 Å². The predicted molar refractivity (Wildman–Crippen MR) is 65.2 cm³/mol. The third-order valence-electron chi connectivity index (χ3n) is 4.23. The molecule has 0 unspecified atom stereocenters. The maximum absolute atomic E-state index is 11.8. The number of benzene rings is 1. The molecule has 1 saturated heterocycles. The Kier molecular flexibility index (Phi) is 2.35. The summed E-state index contributed by atoms with van der Waals surface area (Å²) in [4.78, 5) is 13.7. The summed E-state index contributed by atoms with van der Waals surface area (Å²) < 4.78 is 5.42. The monoisotopic (exact) mass is 231 g/mol. The van der Waals surface area contributed by atoms with Gasteiger partial charge in [-0.05, 0) is 30.0 Å². The number of rotatable bonds is 1. The number of amides is 1. The lowest BCUT2D eigenvalue weighted by Gasteiger charge is -2.31. The fraction of sp³-hybridized carbons (Fsp3) is 0.500. The molecule has 1 heterocycles. The van der Waals surface area contributed by atoms with Crippen LogP contribution in [0.5, 0.6) is 5.75 Å². The first-order valence-electron chi connectivity index (χ1n) is 6.14. The molecule has 1 amide bonds. The summed E-state index contributed by atoms with van der Waals surface area (Å²) in [6.07, 6.45) is 2.72. The molecule has 17 heavy (non-hydrogen) atoms. The van der Waals surface area contributed by atoms with Crippen molar-refractivity contribution in [2.75, 3.05) is 14.2 Å². The molecule has 3 nitrogen and oxygen atoms in total. The van der Waals surface area contributed by atoms with Gasteiger partial charge in [-0.15, -0.1) is 0 Å². The Morgan fingerprint density at radius 3 is 3.00 bits per heavy atom. The molecular formula is C14H17NO2. The van der Waals surface area contributed by atoms with Gasteiger partial charge in [-0.3, -0.25) is 4.79 Å². The van der Waals surface area contributed by atoms with Crippen molar-refractivity contribution in [1.29, 1.82) is 0 Å². The molecule has 1 fully saturated rings. The second kappa shape index (κ2) is 3.76. The fourth-order valence-electron chi connectivity index (χ4n) is 3.32. The van der Waals surface area contributed by atoms with Crippen molar-refractivity contribution < 1.29 is 9.53 Å². The van der Waals surface area contributed by atoms with Gasteiger partial charge < -0.3 is 9.64 Å². The van der Waals surface area contributed by atoms with E-state index in [0.717, 1.165) is 18.6 Å². The Balaban J connectivity index is 2.06. The van der Waals surface area contributed by atoms with Crippen LogP contribution in [0.1, 0.15) is 29.9 Å². The summed E-state index contributed by atoms with van der Waals surface area (Å²) in [6, 6.07) is 6.59. The van der Waals surface area contributed by atoms with Gasteiger partial charge in [-0.1, -0.05) is 12.1 Å². The number of hydrogen-bond acceptors (Lipinski definition) is 2. The summed E-state index contributed by atoms with van der Waals surface area (Å²) in [6.45, 7) is 0. The van der Waals surface area contributed by atoms with Crippen molar-refractivity contribution in [3.05, 3.63) is 29.3 Å². The highest BCUT2D eigenvalue weighted by Crippen LogP contribution is 2.43. The molecule has 1 aliphatic heterocycles. The van der Waals surface area contributed by atoms with Crippen LogP contribution >= 0.6 is 0 Å². The van der Waals surface area contributed by atoms with Crippen LogP contribution in [-0.2, 0) is 11.2 Å². The molecule has 1 aromatic carbocycles. The molecule has 0 aromatic heterocycles. The number of ether oxygens (including phenoxy) is 1. The number of likely N-dealkylation sites (N-methyl/N-ethyl adjacent to an activating group) is 1. The van der Waals surface area contributed by atoms with E-state index in [4.69, 9.17) is 4.74 Å². The zero-order chi connectivity index (χ0) is 12.0. The van der Waals surface area contributed by atoms with Crippen LogP contribution in [0.3, 0.4) is 0 Å². The molecular weight excluding hydrogens is 214 g/mol. The van der Waals surface area contributed by atoms with E-state index < -0.39 is 0 Å². The van der Waals surface area contributed by atoms with E-state index in [0.29, 0.717) is 18.4 Å². The number of nitrogens with zero attached hydrogens (tertiary/aromatic N) is 1. The van der Waals surface area contributed by atoms with Crippen LogP contribution < -0.4 is 4.74 Å². The zero-order valence-corrected chi connectivity index (χ0v) is 10.3. The minimum Gasteiger partial charge on any atom is -0.496 e. The molecule has 0 radical (unpaired) electrons. The molecule has 3 rings (SSSR count). The van der Waals surface area contributed by atoms with E-state index in [1.165, 1.54) is 11.1 Å². The SMILES string of the molecule is COc1cccc2c1CC[C@H]1[C@@H]2CC(=O)N1C. The van der Waals surface area contributed by atoms with E-state index >= 15 is 0 Å². The number of methoxy groups -OCH3 is 1. The van der Waals surface area contributed by atoms with Crippen molar-refractivity contribution >= 4 is 5.91 Å². The first-order valence-corrected chi connectivity index (χ1v) is 6.14. The number of carbonyl (C=O) groups excluding carboxylic acids is 1. The number of fused-ring (bicyclic) bond motifs is 3. The standard InChI is InChI=1S/C14H17NO2/c1-15-12-7-6-10-9(11(12)8-14(15)16)4-3-5-13(10)17-2/h3-5,11-12H,6-8H2,1-2H3/t11-,12+/m1/s1. The van der Waals surface area contributed by atoms with Crippen LogP contribution in [0, 0.1) is 0 Å². The first kappa shape index (κ1) is 10.6. The fourth-order valence-corrected chi connectivity index (χ4v) is 3.32. The minimum absolute atomic E-state index is 0.274. The van der Waals surface area contributed by atoms with Crippen LogP contribution in [0.2, 0.25) is 0 Å². The Bertz CT molecular complexity index is 469. The lowest BCUT2D eigenvalue weighted by molar-refractivity contribution is -0.127. The Morgan fingerprint density at radius 1 is 1.41 bits per heavy atom. The number of hydrogen-bond donors (Lipinski definition) is 0. The molecule has 0 spiro atoms. The topological polar surface area (TPSA) is 29.5 Å². The molecule has 2 atom stereocenters. The maximum Gasteiger partial charge on any atom is 0.223 e. The van der Waals surface area contributed by atoms with Crippen LogP contribution in [0.15, 0.2) is 18.2 Å². The van der Waals surface area contributed by atoms with Gasteiger partial charge in [0.25, 0.3) is 0 Å². The molecule has 1 aromatic rings. The van der Waals surface area contributed by atoms with Crippen molar-refractivity contribution in [3.63, 3.8) is 0 Å². The second-order valence-corrected chi connectivity index (χ2v) is 4.95. The van der Waals surface area contributed by atoms with Crippen molar-refractivity contribution in [2.24, 2.45) is 0 Å². The van der Waals surface area contributed by atoms with Gasteiger partial charge in [0.2, 0.25) is 5.91 Å². The summed E-state index contributed by atoms with van der Waals surface area (Å²) >= 11 is 0. The van der Waals surface area contributed by atoms with Gasteiger partial charge in [0.15, 0.2) is 0 Å². The average molecular weight is 231 g/mol. The number of carbonyl (C=O) groups is 1. The highest BCUT2D eigenvalue weighted by atomic mass is 16.5. The molecule has 1 aliphatic carbocycles. The van der Waals surface area contributed by atoms with Crippen molar-refractivity contribution in [3.8, 4) is 5.75 Å². The Hall–Kier alpha value is -1.51. The van der Waals surface area contributed by atoms with Gasteiger partial charge in [-0.2, -0.15) is 0 Å². The quantitative estimate of drug-likeness (QED) is 0.739. The Morgan fingerprint density at radius 2 is 2.24 bits per heavy atom. The van der Waals surface area contributed by atoms with Crippen LogP contribution in [-0.4, -0.2) is 31.0 Å². The van der Waals surface area contributed by atoms with E-state index in [-0.39, 0.29) is 5.91 Å². The van der Waals surface area contributed by atoms with E-state index in [1.54, 1.807) is 7.11 Å². The second-order valence-electron chi connectivity index (χ2n) is 4.95. The van der Waals surface area contributed by atoms with Crippen LogP contribution in [0.4, 0.5) is 0 Å². The van der Waals surface area contributed by atoms with Crippen LogP contribution in [0.25, 0.3) is 0 Å². The lowest BCUT2D eigenvalue weighted by Crippen LogP contribution is -2.33. The minimum atomic E-state index is 0.274. The zero-order valence-electron chi connectivity index (χ0n) is 10.3. The molecule has 90 valence electrons. The Labute approximate surface area is 101 Å². The largest absolute Gasteiger partial charge is 0.496 e. The van der Waals surface area contributed by atoms with Gasteiger partial charge in [0, 0.05) is 25.4 Å². The highest BCUT2D eigenvalue weighted by Gasteiger charge is 2.41.